The fourth-order valence-electron chi connectivity index (χ4n) is 2.73. The lowest BCUT2D eigenvalue weighted by molar-refractivity contribution is -0.140. The molecule has 0 bridgehead atoms. The van der Waals surface area contributed by atoms with Crippen LogP contribution >= 0.6 is 0 Å². The Morgan fingerprint density at radius 2 is 1.81 bits per heavy atom. The molecule has 1 aliphatic heterocycles. The van der Waals surface area contributed by atoms with Crippen molar-refractivity contribution >= 4 is 11.8 Å². The number of hydrogen-bond acceptors (Lipinski definition) is 3. The lowest BCUT2D eigenvalue weighted by atomic mass is 9.81. The third-order valence-electron chi connectivity index (χ3n) is 3.61. The molecule has 1 saturated heterocycles. The van der Waals surface area contributed by atoms with Crippen LogP contribution in [0.5, 0.6) is 0 Å². The highest BCUT2D eigenvalue weighted by Gasteiger charge is 2.48. The molecule has 0 aromatic heterocycles. The van der Waals surface area contributed by atoms with E-state index in [1.54, 1.807) is 6.92 Å². The lowest BCUT2D eigenvalue weighted by Crippen LogP contribution is -2.34. The van der Waals surface area contributed by atoms with Crippen molar-refractivity contribution in [2.45, 2.75) is 32.6 Å². The average molecular weight is 220 g/mol. The third-order valence-corrected chi connectivity index (χ3v) is 3.61. The number of nitriles is 1. The largest absolute Gasteiger partial charge is 0.281 e. The molecule has 2 fully saturated rings. The lowest BCUT2D eigenvalue weighted by Gasteiger charge is -2.19. The maximum absolute atomic E-state index is 12.0. The number of hydrogen-bond donors (Lipinski definition) is 0. The Balaban J connectivity index is 2.13. The Hall–Kier alpha value is -1.37. The molecule has 4 heteroatoms. The molecule has 2 amide bonds. The van der Waals surface area contributed by atoms with Gasteiger partial charge in [0.1, 0.15) is 0 Å². The number of carbonyl (C=O) groups excluding carboxylic acids is 2. The van der Waals surface area contributed by atoms with E-state index in [1.807, 2.05) is 0 Å². The van der Waals surface area contributed by atoms with Crippen LogP contribution in [0.2, 0.25) is 0 Å². The molecular weight excluding hydrogens is 204 g/mol. The molecule has 0 aromatic rings. The molecule has 4 nitrogen and oxygen atoms in total. The number of imide groups is 1. The van der Waals surface area contributed by atoms with E-state index in [2.05, 4.69) is 6.07 Å². The van der Waals surface area contributed by atoms with Crippen LogP contribution in [0.15, 0.2) is 0 Å². The van der Waals surface area contributed by atoms with Gasteiger partial charge in [0.05, 0.1) is 23.8 Å². The van der Waals surface area contributed by atoms with Crippen molar-refractivity contribution in [2.75, 3.05) is 6.54 Å². The summed E-state index contributed by atoms with van der Waals surface area (Å²) in [6, 6.07) is 2.07. The first-order valence-corrected chi connectivity index (χ1v) is 5.90. The van der Waals surface area contributed by atoms with E-state index < -0.39 is 0 Å². The molecule has 0 spiro atoms. The molecule has 16 heavy (non-hydrogen) atoms. The van der Waals surface area contributed by atoms with Crippen LogP contribution in [0.3, 0.4) is 0 Å². The van der Waals surface area contributed by atoms with Gasteiger partial charge in [-0.05, 0) is 19.8 Å². The van der Waals surface area contributed by atoms with Crippen LogP contribution in [-0.4, -0.2) is 23.3 Å². The summed E-state index contributed by atoms with van der Waals surface area (Å²) in [7, 11) is 0. The first kappa shape index (κ1) is 11.1. The number of nitrogens with zero attached hydrogens (tertiary/aromatic N) is 2. The summed E-state index contributed by atoms with van der Waals surface area (Å²) >= 11 is 0. The zero-order valence-electron chi connectivity index (χ0n) is 9.48. The minimum Gasteiger partial charge on any atom is -0.281 e. The molecule has 0 radical (unpaired) electrons. The summed E-state index contributed by atoms with van der Waals surface area (Å²) in [6.07, 6.45) is 3.77. The Morgan fingerprint density at radius 1 is 1.31 bits per heavy atom. The van der Waals surface area contributed by atoms with Gasteiger partial charge in [-0.25, -0.2) is 0 Å². The van der Waals surface area contributed by atoms with E-state index in [1.165, 1.54) is 4.90 Å². The van der Waals surface area contributed by atoms with Crippen LogP contribution in [-0.2, 0) is 9.59 Å². The molecule has 3 atom stereocenters. The topological polar surface area (TPSA) is 61.2 Å². The van der Waals surface area contributed by atoms with E-state index in [0.29, 0.717) is 0 Å². The Bertz CT molecular complexity index is 335. The van der Waals surface area contributed by atoms with E-state index in [0.717, 1.165) is 25.7 Å². The second-order valence-electron chi connectivity index (χ2n) is 4.81. The molecule has 86 valence electrons. The van der Waals surface area contributed by atoms with Crippen LogP contribution in [0.4, 0.5) is 0 Å². The van der Waals surface area contributed by atoms with Crippen molar-refractivity contribution in [3.63, 3.8) is 0 Å². The number of carbonyl (C=O) groups is 2. The fraction of sp³-hybridized carbons (Fsp3) is 0.750. The van der Waals surface area contributed by atoms with E-state index in [4.69, 9.17) is 5.26 Å². The van der Waals surface area contributed by atoms with Gasteiger partial charge in [-0.2, -0.15) is 5.26 Å². The summed E-state index contributed by atoms with van der Waals surface area (Å²) in [4.78, 5) is 25.3. The van der Waals surface area contributed by atoms with E-state index in [-0.39, 0.29) is 36.1 Å². The van der Waals surface area contributed by atoms with Gasteiger partial charge >= 0.3 is 0 Å². The maximum Gasteiger partial charge on any atom is 0.233 e. The Morgan fingerprint density at radius 3 is 2.25 bits per heavy atom. The molecule has 0 aromatic carbocycles. The SMILES string of the molecule is CC(C#N)CN1C(=O)C2CCCCC2C1=O. The first-order valence-electron chi connectivity index (χ1n) is 5.90. The molecule has 3 unspecified atom stereocenters. The summed E-state index contributed by atoms with van der Waals surface area (Å²) in [5, 5.41) is 8.73. The van der Waals surface area contributed by atoms with Crippen molar-refractivity contribution in [1.29, 1.82) is 5.26 Å². The summed E-state index contributed by atoms with van der Waals surface area (Å²) in [6.45, 7) is 2.00. The zero-order valence-corrected chi connectivity index (χ0v) is 9.48. The molecule has 1 heterocycles. The van der Waals surface area contributed by atoms with Gasteiger partial charge in [-0.3, -0.25) is 14.5 Å². The standard InChI is InChI=1S/C12H16N2O2/c1-8(6-13)7-14-11(15)9-4-2-3-5-10(9)12(14)16/h8-10H,2-5,7H2,1H3. The Labute approximate surface area is 95.2 Å². The molecule has 2 aliphatic rings. The van der Waals surface area contributed by atoms with Crippen molar-refractivity contribution in [1.82, 2.24) is 4.90 Å². The second kappa shape index (κ2) is 4.25. The minimum atomic E-state index is -0.270. The van der Waals surface area contributed by atoms with E-state index >= 15 is 0 Å². The molecular formula is C12H16N2O2. The van der Waals surface area contributed by atoms with Gasteiger partial charge in [-0.15, -0.1) is 0 Å². The highest BCUT2D eigenvalue weighted by molar-refractivity contribution is 6.05. The maximum atomic E-state index is 12.0. The Kier molecular flexibility index (Phi) is 2.95. The molecule has 0 N–H and O–H groups in total. The van der Waals surface area contributed by atoms with Crippen molar-refractivity contribution in [3.05, 3.63) is 0 Å². The monoisotopic (exact) mass is 220 g/mol. The smallest absolute Gasteiger partial charge is 0.233 e. The third kappa shape index (κ3) is 1.71. The van der Waals surface area contributed by atoms with Crippen LogP contribution < -0.4 is 0 Å². The normalized spacial score (nSPS) is 31.1. The highest BCUT2D eigenvalue weighted by atomic mass is 16.2. The zero-order chi connectivity index (χ0) is 11.7. The predicted octanol–water partition coefficient (Wildman–Crippen LogP) is 1.32. The van der Waals surface area contributed by atoms with Gasteiger partial charge in [0.25, 0.3) is 0 Å². The van der Waals surface area contributed by atoms with Crippen LogP contribution in [0, 0.1) is 29.1 Å². The summed E-state index contributed by atoms with van der Waals surface area (Å²) in [5.41, 5.74) is 0. The average Bonchev–Trinajstić information content (AvgIpc) is 2.55. The number of likely N-dealkylation sites (tertiary alicyclic amines) is 1. The van der Waals surface area contributed by atoms with Gasteiger partial charge in [0, 0.05) is 6.54 Å². The number of fused-ring (bicyclic) bond motifs is 1. The number of amides is 2. The van der Waals surface area contributed by atoms with Crippen molar-refractivity contribution in [2.24, 2.45) is 17.8 Å². The second-order valence-corrected chi connectivity index (χ2v) is 4.81. The number of rotatable bonds is 2. The van der Waals surface area contributed by atoms with Gasteiger partial charge in [-0.1, -0.05) is 12.8 Å². The summed E-state index contributed by atoms with van der Waals surface area (Å²) < 4.78 is 0. The quantitative estimate of drug-likeness (QED) is 0.659. The van der Waals surface area contributed by atoms with Crippen molar-refractivity contribution < 1.29 is 9.59 Å². The van der Waals surface area contributed by atoms with Gasteiger partial charge in [0.15, 0.2) is 0 Å². The molecule has 1 aliphatic carbocycles. The summed E-state index contributed by atoms with van der Waals surface area (Å²) in [5.74, 6) is -0.541. The first-order chi connectivity index (χ1) is 7.65. The van der Waals surface area contributed by atoms with Crippen LogP contribution in [0.25, 0.3) is 0 Å². The fourth-order valence-corrected chi connectivity index (χ4v) is 2.73. The van der Waals surface area contributed by atoms with E-state index in [9.17, 15) is 9.59 Å². The molecule has 1 saturated carbocycles. The molecule has 2 rings (SSSR count). The minimum absolute atomic E-state index is 0.0446. The predicted molar refractivity (Wildman–Crippen MR) is 56.9 cm³/mol. The van der Waals surface area contributed by atoms with Gasteiger partial charge in [0.2, 0.25) is 11.8 Å². The van der Waals surface area contributed by atoms with Crippen LogP contribution in [0.1, 0.15) is 32.6 Å². The highest BCUT2D eigenvalue weighted by Crippen LogP contribution is 2.38. The van der Waals surface area contributed by atoms with Gasteiger partial charge < -0.3 is 0 Å². The van der Waals surface area contributed by atoms with Crippen molar-refractivity contribution in [3.8, 4) is 6.07 Å².